The Morgan fingerprint density at radius 1 is 1.27 bits per heavy atom. The number of hydrogen-bond donors (Lipinski definition) is 2. The zero-order valence-electron chi connectivity index (χ0n) is 12.2. The van der Waals surface area contributed by atoms with Crippen molar-refractivity contribution in [3.8, 4) is 0 Å². The summed E-state index contributed by atoms with van der Waals surface area (Å²) >= 11 is 0. The van der Waals surface area contributed by atoms with E-state index in [1.807, 2.05) is 42.5 Å². The Kier molecular flexibility index (Phi) is 3.89. The fourth-order valence-corrected chi connectivity index (χ4v) is 2.36. The first-order chi connectivity index (χ1) is 10.6. The third kappa shape index (κ3) is 2.99. The molecule has 22 heavy (non-hydrogen) atoms. The van der Waals surface area contributed by atoms with Gasteiger partial charge in [-0.25, -0.2) is 0 Å². The molecule has 3 rings (SSSR count). The first-order valence-electron chi connectivity index (χ1n) is 7.07. The molecule has 112 valence electrons. The van der Waals surface area contributed by atoms with Gasteiger partial charge in [0.05, 0.1) is 17.9 Å². The maximum atomic E-state index is 11.9. The molecule has 0 bridgehead atoms. The SMILES string of the molecule is Cn1cc(C(=O)NCC(O)c2ccc3ccccc3c2)cn1. The lowest BCUT2D eigenvalue weighted by molar-refractivity contribution is 0.0916. The molecule has 1 unspecified atom stereocenters. The summed E-state index contributed by atoms with van der Waals surface area (Å²) in [5.41, 5.74) is 1.26. The first-order valence-corrected chi connectivity index (χ1v) is 7.07. The molecule has 5 nitrogen and oxygen atoms in total. The number of benzene rings is 2. The van der Waals surface area contributed by atoms with Crippen LogP contribution in [0, 0.1) is 0 Å². The first kappa shape index (κ1) is 14.3. The predicted molar refractivity (Wildman–Crippen MR) is 84.4 cm³/mol. The highest BCUT2D eigenvalue weighted by molar-refractivity contribution is 5.93. The van der Waals surface area contributed by atoms with Crippen molar-refractivity contribution in [1.29, 1.82) is 0 Å². The van der Waals surface area contributed by atoms with Crippen molar-refractivity contribution in [3.05, 3.63) is 66.0 Å². The lowest BCUT2D eigenvalue weighted by atomic mass is 10.0. The molecule has 0 aliphatic carbocycles. The number of rotatable bonds is 4. The monoisotopic (exact) mass is 295 g/mol. The Labute approximate surface area is 128 Å². The molecule has 0 aliphatic rings. The van der Waals surface area contributed by atoms with E-state index in [0.717, 1.165) is 16.3 Å². The van der Waals surface area contributed by atoms with E-state index in [-0.39, 0.29) is 12.5 Å². The number of amides is 1. The Morgan fingerprint density at radius 3 is 2.77 bits per heavy atom. The van der Waals surface area contributed by atoms with Crippen molar-refractivity contribution in [2.45, 2.75) is 6.10 Å². The quantitative estimate of drug-likeness (QED) is 0.774. The van der Waals surface area contributed by atoms with E-state index in [0.29, 0.717) is 5.56 Å². The molecule has 1 heterocycles. The molecule has 0 aliphatic heterocycles. The molecular weight excluding hydrogens is 278 g/mol. The molecule has 0 saturated carbocycles. The molecule has 0 saturated heterocycles. The second-order valence-electron chi connectivity index (χ2n) is 5.24. The summed E-state index contributed by atoms with van der Waals surface area (Å²) in [7, 11) is 1.75. The maximum absolute atomic E-state index is 11.9. The zero-order valence-corrected chi connectivity index (χ0v) is 12.2. The number of carbonyl (C=O) groups excluding carboxylic acids is 1. The minimum absolute atomic E-state index is 0.159. The van der Waals surface area contributed by atoms with E-state index < -0.39 is 6.10 Å². The van der Waals surface area contributed by atoms with Crippen LogP contribution in [0.2, 0.25) is 0 Å². The molecule has 2 N–H and O–H groups in total. The summed E-state index contributed by atoms with van der Waals surface area (Å²) < 4.78 is 1.56. The average molecular weight is 295 g/mol. The summed E-state index contributed by atoms with van der Waals surface area (Å²) in [5, 5.41) is 19.1. The molecule has 1 atom stereocenters. The third-order valence-electron chi connectivity index (χ3n) is 3.58. The van der Waals surface area contributed by atoms with E-state index in [1.165, 1.54) is 6.20 Å². The van der Waals surface area contributed by atoms with Crippen molar-refractivity contribution >= 4 is 16.7 Å². The number of carbonyl (C=O) groups is 1. The van der Waals surface area contributed by atoms with Crippen LogP contribution in [0.1, 0.15) is 22.0 Å². The lowest BCUT2D eigenvalue weighted by Crippen LogP contribution is -2.28. The summed E-state index contributed by atoms with van der Waals surface area (Å²) in [5.74, 6) is -0.243. The normalized spacial score (nSPS) is 12.3. The van der Waals surface area contributed by atoms with Gasteiger partial charge in [-0.15, -0.1) is 0 Å². The van der Waals surface area contributed by atoms with Crippen molar-refractivity contribution < 1.29 is 9.90 Å². The highest BCUT2D eigenvalue weighted by atomic mass is 16.3. The van der Waals surface area contributed by atoms with Crippen LogP contribution < -0.4 is 5.32 Å². The minimum Gasteiger partial charge on any atom is -0.387 e. The average Bonchev–Trinajstić information content (AvgIpc) is 2.98. The van der Waals surface area contributed by atoms with E-state index in [9.17, 15) is 9.90 Å². The van der Waals surface area contributed by atoms with Gasteiger partial charge in [0.2, 0.25) is 0 Å². The van der Waals surface area contributed by atoms with Gasteiger partial charge in [-0.3, -0.25) is 9.48 Å². The molecule has 2 aromatic carbocycles. The van der Waals surface area contributed by atoms with Crippen molar-refractivity contribution in [1.82, 2.24) is 15.1 Å². The van der Waals surface area contributed by atoms with Crippen LogP contribution in [0.5, 0.6) is 0 Å². The van der Waals surface area contributed by atoms with Gasteiger partial charge in [0.15, 0.2) is 0 Å². The van der Waals surface area contributed by atoms with Crippen molar-refractivity contribution in [2.75, 3.05) is 6.54 Å². The second kappa shape index (κ2) is 5.99. The number of nitrogens with one attached hydrogen (secondary N) is 1. The van der Waals surface area contributed by atoms with E-state index in [1.54, 1.807) is 17.9 Å². The van der Waals surface area contributed by atoms with Gasteiger partial charge in [0.25, 0.3) is 5.91 Å². The standard InChI is InChI=1S/C17H17N3O2/c1-20-11-15(9-19-20)17(22)18-10-16(21)14-7-6-12-4-2-3-5-13(12)8-14/h2-9,11,16,21H,10H2,1H3,(H,18,22). The number of aromatic nitrogens is 2. The Balaban J connectivity index is 1.68. The lowest BCUT2D eigenvalue weighted by Gasteiger charge is -2.12. The summed E-state index contributed by atoms with van der Waals surface area (Å²) in [6.45, 7) is 0.159. The third-order valence-corrected chi connectivity index (χ3v) is 3.58. The summed E-state index contributed by atoms with van der Waals surface area (Å²) in [4.78, 5) is 11.9. The molecule has 1 aromatic heterocycles. The minimum atomic E-state index is -0.745. The number of aliphatic hydroxyl groups excluding tert-OH is 1. The van der Waals surface area contributed by atoms with Gasteiger partial charge in [-0.1, -0.05) is 36.4 Å². The van der Waals surface area contributed by atoms with Crippen LogP contribution in [0.15, 0.2) is 54.9 Å². The number of hydrogen-bond acceptors (Lipinski definition) is 3. The van der Waals surface area contributed by atoms with Gasteiger partial charge in [-0.2, -0.15) is 5.10 Å². The van der Waals surface area contributed by atoms with Crippen LogP contribution in [0.4, 0.5) is 0 Å². The maximum Gasteiger partial charge on any atom is 0.254 e. The van der Waals surface area contributed by atoms with Gasteiger partial charge in [0.1, 0.15) is 0 Å². The van der Waals surface area contributed by atoms with Crippen molar-refractivity contribution in [3.63, 3.8) is 0 Å². The van der Waals surface area contributed by atoms with Crippen LogP contribution >= 0.6 is 0 Å². The molecule has 0 spiro atoms. The molecular formula is C17H17N3O2. The summed E-state index contributed by atoms with van der Waals surface area (Å²) in [6, 6.07) is 13.8. The summed E-state index contributed by atoms with van der Waals surface area (Å²) in [6.07, 6.45) is 2.39. The van der Waals surface area contributed by atoms with Crippen LogP contribution in [0.25, 0.3) is 10.8 Å². The van der Waals surface area contributed by atoms with E-state index in [4.69, 9.17) is 0 Å². The fourth-order valence-electron chi connectivity index (χ4n) is 2.36. The Morgan fingerprint density at radius 2 is 2.05 bits per heavy atom. The number of fused-ring (bicyclic) bond motifs is 1. The topological polar surface area (TPSA) is 67.2 Å². The molecule has 3 aromatic rings. The number of aryl methyl sites for hydroxylation is 1. The molecule has 1 amide bonds. The molecule has 0 radical (unpaired) electrons. The van der Waals surface area contributed by atoms with Crippen LogP contribution in [-0.2, 0) is 7.05 Å². The molecule has 0 fully saturated rings. The van der Waals surface area contributed by atoms with Gasteiger partial charge in [-0.05, 0) is 22.4 Å². The number of aliphatic hydroxyl groups is 1. The number of nitrogens with zero attached hydrogens (tertiary/aromatic N) is 2. The van der Waals surface area contributed by atoms with Crippen LogP contribution in [-0.4, -0.2) is 27.3 Å². The van der Waals surface area contributed by atoms with Gasteiger partial charge in [0, 0.05) is 19.8 Å². The smallest absolute Gasteiger partial charge is 0.254 e. The highest BCUT2D eigenvalue weighted by Crippen LogP contribution is 2.20. The Bertz CT molecular complexity index is 810. The van der Waals surface area contributed by atoms with Gasteiger partial charge < -0.3 is 10.4 Å². The Hall–Kier alpha value is -2.66. The zero-order chi connectivity index (χ0) is 15.5. The predicted octanol–water partition coefficient (Wildman–Crippen LogP) is 2.04. The molecule has 5 heteroatoms. The van der Waals surface area contributed by atoms with Gasteiger partial charge >= 0.3 is 0 Å². The van der Waals surface area contributed by atoms with Crippen molar-refractivity contribution in [2.24, 2.45) is 7.05 Å². The van der Waals surface area contributed by atoms with E-state index in [2.05, 4.69) is 10.4 Å². The highest BCUT2D eigenvalue weighted by Gasteiger charge is 2.12. The fraction of sp³-hybridized carbons (Fsp3) is 0.176. The van der Waals surface area contributed by atoms with Crippen LogP contribution in [0.3, 0.4) is 0 Å². The second-order valence-corrected chi connectivity index (χ2v) is 5.24. The largest absolute Gasteiger partial charge is 0.387 e. The van der Waals surface area contributed by atoms with E-state index >= 15 is 0 Å².